The molecule has 1 fully saturated rings. The largest absolute Gasteiger partial charge is 0.295 e. The Morgan fingerprint density at radius 1 is 1.04 bits per heavy atom. The Bertz CT molecular complexity index is 659. The topological polar surface area (TPSA) is 17.1 Å². The highest BCUT2D eigenvalue weighted by Gasteiger charge is 2.55. The average Bonchev–Trinajstić information content (AvgIpc) is 2.94. The first-order chi connectivity index (χ1) is 11.1. The molecule has 0 aromatic heterocycles. The van der Waals surface area contributed by atoms with Crippen LogP contribution in [0.1, 0.15) is 60.8 Å². The van der Waals surface area contributed by atoms with Gasteiger partial charge in [-0.1, -0.05) is 86.1 Å². The molecule has 0 aliphatic heterocycles. The van der Waals surface area contributed by atoms with Crippen molar-refractivity contribution in [2.45, 2.75) is 97.1 Å². The molecule has 25 heavy (non-hydrogen) atoms. The van der Waals surface area contributed by atoms with Crippen LogP contribution in [0.2, 0.25) is 36.3 Å². The summed E-state index contributed by atoms with van der Waals surface area (Å²) in [4.78, 5) is 13.3. The van der Waals surface area contributed by atoms with Crippen molar-refractivity contribution in [3.63, 3.8) is 0 Å². The Morgan fingerprint density at radius 2 is 1.60 bits per heavy atom. The molecule has 0 aromatic rings. The summed E-state index contributed by atoms with van der Waals surface area (Å²) in [5.74, 6) is 4.30. The molecule has 0 unspecified atom stereocenters. The first-order valence-corrected chi connectivity index (χ1v) is 15.9. The van der Waals surface area contributed by atoms with Gasteiger partial charge in [0, 0.05) is 5.92 Å². The molecule has 0 N–H and O–H groups in total. The molecule has 0 heterocycles. The van der Waals surface area contributed by atoms with Gasteiger partial charge in [0.15, 0.2) is 5.78 Å². The van der Waals surface area contributed by atoms with Crippen LogP contribution in [0, 0.1) is 22.8 Å². The van der Waals surface area contributed by atoms with Gasteiger partial charge >= 0.3 is 0 Å². The molecular weight excluding hydrogens is 336 g/mol. The maximum atomic E-state index is 13.3. The van der Waals surface area contributed by atoms with Crippen LogP contribution >= 0.6 is 0 Å². The molecule has 140 valence electrons. The van der Waals surface area contributed by atoms with Crippen LogP contribution in [-0.2, 0) is 4.79 Å². The summed E-state index contributed by atoms with van der Waals surface area (Å²) in [5, 5.41) is 1.63. The lowest BCUT2D eigenvalue weighted by molar-refractivity contribution is -0.118. The van der Waals surface area contributed by atoms with Gasteiger partial charge in [0.2, 0.25) is 0 Å². The monoisotopic (exact) mass is 374 g/mol. The lowest BCUT2D eigenvalue weighted by Gasteiger charge is -2.37. The van der Waals surface area contributed by atoms with Crippen molar-refractivity contribution in [2.75, 3.05) is 0 Å². The Labute approximate surface area is 158 Å². The van der Waals surface area contributed by atoms with Crippen molar-refractivity contribution in [3.8, 4) is 11.5 Å². The second-order valence-electron chi connectivity index (χ2n) is 11.4. The SMILES string of the molecule is CC(C)(C)[Si](C)(C)C#C[C@]12C=C([Si](C)(C)C(C)(C)C)C(=O)[C@H]1CCC2. The number of hydrogen-bond donors (Lipinski definition) is 0. The average molecular weight is 375 g/mol. The minimum absolute atomic E-state index is 0.133. The maximum absolute atomic E-state index is 13.3. The van der Waals surface area contributed by atoms with E-state index in [0.29, 0.717) is 5.78 Å². The molecule has 1 saturated carbocycles. The summed E-state index contributed by atoms with van der Waals surface area (Å²) >= 11 is 0. The number of rotatable bonds is 1. The predicted octanol–water partition coefficient (Wildman–Crippen LogP) is 6.38. The predicted molar refractivity (Wildman–Crippen MR) is 115 cm³/mol. The number of fused-ring (bicyclic) bond motifs is 1. The van der Waals surface area contributed by atoms with E-state index in [9.17, 15) is 4.79 Å². The fourth-order valence-corrected chi connectivity index (χ4v) is 6.76. The molecule has 2 atom stereocenters. The second-order valence-corrected chi connectivity index (χ2v) is 21.7. The highest BCUT2D eigenvalue weighted by molar-refractivity contribution is 6.91. The third-order valence-electron chi connectivity index (χ3n) is 7.72. The quantitative estimate of drug-likeness (QED) is 0.384. The van der Waals surface area contributed by atoms with Crippen LogP contribution in [-0.4, -0.2) is 21.9 Å². The van der Waals surface area contributed by atoms with E-state index in [4.69, 9.17) is 0 Å². The van der Waals surface area contributed by atoms with Gasteiger partial charge in [0.1, 0.15) is 8.07 Å². The van der Waals surface area contributed by atoms with Crippen LogP contribution < -0.4 is 0 Å². The van der Waals surface area contributed by atoms with Crippen molar-refractivity contribution in [1.82, 2.24) is 0 Å². The Kier molecular flexibility index (Phi) is 4.94. The zero-order valence-corrected chi connectivity index (χ0v) is 20.2. The normalized spacial score (nSPS) is 27.7. The van der Waals surface area contributed by atoms with Gasteiger partial charge in [0.25, 0.3) is 0 Å². The minimum Gasteiger partial charge on any atom is -0.295 e. The zero-order valence-electron chi connectivity index (χ0n) is 18.2. The number of hydrogen-bond acceptors (Lipinski definition) is 1. The van der Waals surface area contributed by atoms with Crippen LogP contribution in [0.15, 0.2) is 11.3 Å². The molecule has 2 rings (SSSR count). The van der Waals surface area contributed by atoms with E-state index in [1.165, 1.54) is 5.20 Å². The van der Waals surface area contributed by atoms with Crippen LogP contribution in [0.5, 0.6) is 0 Å². The van der Waals surface area contributed by atoms with Crippen molar-refractivity contribution in [3.05, 3.63) is 11.3 Å². The highest BCUT2D eigenvalue weighted by atomic mass is 28.3. The van der Waals surface area contributed by atoms with E-state index in [2.05, 4.69) is 85.3 Å². The maximum Gasteiger partial charge on any atom is 0.159 e. The van der Waals surface area contributed by atoms with Gasteiger partial charge in [-0.05, 0) is 28.1 Å². The molecule has 2 aliphatic rings. The van der Waals surface area contributed by atoms with Crippen molar-refractivity contribution in [2.24, 2.45) is 11.3 Å². The third kappa shape index (κ3) is 3.37. The molecule has 1 nitrogen and oxygen atoms in total. The van der Waals surface area contributed by atoms with Crippen molar-refractivity contribution >= 4 is 21.9 Å². The van der Waals surface area contributed by atoms with Gasteiger partial charge in [-0.25, -0.2) is 0 Å². The Hall–Kier alpha value is -0.596. The summed E-state index contributed by atoms with van der Waals surface area (Å²) in [5.41, 5.74) is 3.59. The summed E-state index contributed by atoms with van der Waals surface area (Å²) in [6, 6.07) is 0. The van der Waals surface area contributed by atoms with Crippen LogP contribution in [0.4, 0.5) is 0 Å². The summed E-state index contributed by atoms with van der Waals surface area (Å²) in [6.45, 7) is 23.3. The van der Waals surface area contributed by atoms with E-state index < -0.39 is 16.1 Å². The number of carbonyl (C=O) groups excluding carboxylic acids is 1. The number of Topliss-reactive ketones (excluding diaryl/α,β-unsaturated/α-hetero) is 1. The fourth-order valence-electron chi connectivity index (χ4n) is 3.62. The number of carbonyl (C=O) groups is 1. The van der Waals surface area contributed by atoms with Gasteiger partial charge in [-0.15, -0.1) is 5.54 Å². The summed E-state index contributed by atoms with van der Waals surface area (Å²) in [6.07, 6.45) is 5.61. The second kappa shape index (κ2) is 5.96. The molecule has 0 aromatic carbocycles. The molecule has 2 aliphatic carbocycles. The van der Waals surface area contributed by atoms with E-state index in [1.54, 1.807) is 0 Å². The first kappa shape index (κ1) is 20.7. The lowest BCUT2D eigenvalue weighted by Crippen LogP contribution is -2.42. The fraction of sp³-hybridized carbons (Fsp3) is 0.773. The first-order valence-electron chi connectivity index (χ1n) is 9.87. The standard InChI is InChI=1S/C22H38OSi2/c1-20(2,3)24(7,8)15-14-22-13-11-12-17(22)19(23)18(16-22)25(9,10)21(4,5)6/h16-17H,11-13H2,1-10H3/t17-,22-/m1/s1. The molecular formula is C22H38OSi2. The van der Waals surface area contributed by atoms with Gasteiger partial charge in [-0.2, -0.15) is 0 Å². The highest BCUT2D eigenvalue weighted by Crippen LogP contribution is 2.55. The summed E-state index contributed by atoms with van der Waals surface area (Å²) in [7, 11) is -3.46. The van der Waals surface area contributed by atoms with Crippen LogP contribution in [0.25, 0.3) is 0 Å². The molecule has 0 radical (unpaired) electrons. The number of ketones is 1. The molecule has 0 spiro atoms. The van der Waals surface area contributed by atoms with Gasteiger partial charge in [0.05, 0.1) is 13.5 Å². The van der Waals surface area contributed by atoms with E-state index in [1.807, 2.05) is 0 Å². The van der Waals surface area contributed by atoms with E-state index in [0.717, 1.165) is 19.3 Å². The van der Waals surface area contributed by atoms with Crippen molar-refractivity contribution in [1.29, 1.82) is 0 Å². The van der Waals surface area contributed by atoms with Gasteiger partial charge in [-0.3, -0.25) is 4.79 Å². The Morgan fingerprint density at radius 3 is 2.08 bits per heavy atom. The van der Waals surface area contributed by atoms with E-state index in [-0.39, 0.29) is 21.4 Å². The molecule has 0 bridgehead atoms. The summed E-state index contributed by atoms with van der Waals surface area (Å²) < 4.78 is 0. The minimum atomic E-state index is -1.80. The number of allylic oxidation sites excluding steroid dienone is 2. The lowest BCUT2D eigenvalue weighted by atomic mass is 9.82. The molecule has 0 saturated heterocycles. The van der Waals surface area contributed by atoms with Crippen molar-refractivity contribution < 1.29 is 4.79 Å². The van der Waals surface area contributed by atoms with E-state index >= 15 is 0 Å². The molecule has 0 amide bonds. The smallest absolute Gasteiger partial charge is 0.159 e. The molecule has 3 heteroatoms. The third-order valence-corrected chi connectivity index (χ3v) is 17.7. The zero-order chi connectivity index (χ0) is 19.5. The van der Waals surface area contributed by atoms with Gasteiger partial charge < -0.3 is 0 Å². The Balaban J connectivity index is 2.52. The van der Waals surface area contributed by atoms with Crippen LogP contribution in [0.3, 0.4) is 0 Å².